The molecule has 0 aromatic carbocycles. The molecule has 16 heavy (non-hydrogen) atoms. The number of hydrogen-bond acceptors (Lipinski definition) is 1. The van der Waals surface area contributed by atoms with Crippen molar-refractivity contribution in [1.29, 1.82) is 0 Å². The van der Waals surface area contributed by atoms with E-state index in [0.29, 0.717) is 0 Å². The van der Waals surface area contributed by atoms with E-state index in [-0.39, 0.29) is 0 Å². The van der Waals surface area contributed by atoms with Crippen LogP contribution in [0.3, 0.4) is 0 Å². The lowest BCUT2D eigenvalue weighted by Crippen LogP contribution is -2.22. The summed E-state index contributed by atoms with van der Waals surface area (Å²) in [6.07, 6.45) is 4.95. The van der Waals surface area contributed by atoms with Crippen LogP contribution in [0.1, 0.15) is 40.5 Å². The first kappa shape index (κ1) is 13.2. The number of hydrogen-bond donors (Lipinski definition) is 0. The van der Waals surface area contributed by atoms with Crippen molar-refractivity contribution in [2.24, 2.45) is 0 Å². The molecule has 1 rings (SSSR count). The molecule has 0 bridgehead atoms. The topological polar surface area (TPSA) is 3.24 Å². The van der Waals surface area contributed by atoms with Gasteiger partial charge in [-0.2, -0.15) is 0 Å². The zero-order valence-corrected chi connectivity index (χ0v) is 11.3. The number of likely N-dealkylation sites (tertiary alicyclic amines) is 1. The molecule has 90 valence electrons. The van der Waals surface area contributed by atoms with Crippen molar-refractivity contribution >= 4 is 0 Å². The maximum absolute atomic E-state index is 4.25. The maximum Gasteiger partial charge on any atom is 0.0233 e. The van der Waals surface area contributed by atoms with Gasteiger partial charge in [0.05, 0.1) is 0 Å². The highest BCUT2D eigenvalue weighted by molar-refractivity contribution is 5.42. The van der Waals surface area contributed by atoms with Gasteiger partial charge in [-0.3, -0.25) is 4.90 Å². The van der Waals surface area contributed by atoms with Crippen LogP contribution in [-0.4, -0.2) is 24.5 Å². The molecule has 1 fully saturated rings. The van der Waals surface area contributed by atoms with Crippen molar-refractivity contribution in [3.63, 3.8) is 0 Å². The Bertz CT molecular complexity index is 306. The summed E-state index contributed by atoms with van der Waals surface area (Å²) in [6, 6.07) is 0. The lowest BCUT2D eigenvalue weighted by Gasteiger charge is -2.18. The molecule has 0 spiro atoms. The quantitative estimate of drug-likeness (QED) is 0.647. The van der Waals surface area contributed by atoms with Gasteiger partial charge in [0.2, 0.25) is 0 Å². The van der Waals surface area contributed by atoms with Crippen LogP contribution in [0.2, 0.25) is 0 Å². The summed E-state index contributed by atoms with van der Waals surface area (Å²) < 4.78 is 0. The normalized spacial score (nSPS) is 16.0. The third-order valence-electron chi connectivity index (χ3n) is 2.97. The molecule has 1 heteroatoms. The van der Waals surface area contributed by atoms with Crippen molar-refractivity contribution in [2.45, 2.75) is 40.5 Å². The monoisotopic (exact) mass is 219 g/mol. The van der Waals surface area contributed by atoms with Crippen molar-refractivity contribution in [1.82, 2.24) is 4.90 Å². The zero-order chi connectivity index (χ0) is 12.1. The van der Waals surface area contributed by atoms with Gasteiger partial charge in [0.15, 0.2) is 0 Å². The van der Waals surface area contributed by atoms with Crippen molar-refractivity contribution in [2.75, 3.05) is 19.6 Å². The summed E-state index contributed by atoms with van der Waals surface area (Å²) in [6.45, 7) is 16.4. The fourth-order valence-corrected chi connectivity index (χ4v) is 2.18. The first-order valence-corrected chi connectivity index (χ1v) is 6.23. The maximum atomic E-state index is 4.25. The molecule has 0 saturated carbocycles. The van der Waals surface area contributed by atoms with Crippen molar-refractivity contribution < 1.29 is 0 Å². The van der Waals surface area contributed by atoms with Crippen LogP contribution in [0, 0.1) is 0 Å². The molecule has 0 N–H and O–H groups in total. The lowest BCUT2D eigenvalue weighted by atomic mass is 10.0. The van der Waals surface area contributed by atoms with Crippen LogP contribution >= 0.6 is 0 Å². The van der Waals surface area contributed by atoms with Crippen LogP contribution in [0.5, 0.6) is 0 Å². The van der Waals surface area contributed by atoms with Crippen LogP contribution in [-0.2, 0) is 0 Å². The van der Waals surface area contributed by atoms with Crippen LogP contribution < -0.4 is 0 Å². The van der Waals surface area contributed by atoms with Gasteiger partial charge in [-0.15, -0.1) is 0 Å². The van der Waals surface area contributed by atoms with Crippen molar-refractivity contribution in [3.05, 3.63) is 34.9 Å². The molecule has 1 aliphatic heterocycles. The molecule has 0 amide bonds. The Balaban J connectivity index is 2.69. The van der Waals surface area contributed by atoms with Gasteiger partial charge in [0, 0.05) is 6.54 Å². The first-order valence-electron chi connectivity index (χ1n) is 6.23. The van der Waals surface area contributed by atoms with Gasteiger partial charge < -0.3 is 0 Å². The predicted molar refractivity (Wildman–Crippen MR) is 72.6 cm³/mol. The van der Waals surface area contributed by atoms with Crippen LogP contribution in [0.15, 0.2) is 34.9 Å². The minimum atomic E-state index is 1.03. The molecule has 0 aromatic rings. The highest BCUT2D eigenvalue weighted by Gasteiger charge is 2.13. The predicted octanol–water partition coefficient (Wildman–Crippen LogP) is 3.94. The molecular formula is C15H25N. The van der Waals surface area contributed by atoms with E-state index >= 15 is 0 Å². The Kier molecular flexibility index (Phi) is 5.01. The molecule has 0 radical (unpaired) electrons. The summed E-state index contributed by atoms with van der Waals surface area (Å²) in [7, 11) is 0. The number of nitrogens with zero attached hydrogens (tertiary/aromatic N) is 1. The Labute approximate surface area is 101 Å². The van der Waals surface area contributed by atoms with Gasteiger partial charge in [0.1, 0.15) is 0 Å². The third kappa shape index (κ3) is 3.97. The first-order chi connectivity index (χ1) is 7.50. The summed E-state index contributed by atoms with van der Waals surface area (Å²) in [5.74, 6) is 0. The van der Waals surface area contributed by atoms with E-state index < -0.39 is 0 Å². The second kappa shape index (κ2) is 6.05. The van der Waals surface area contributed by atoms with E-state index in [1.54, 1.807) is 0 Å². The largest absolute Gasteiger partial charge is 0.299 e. The second-order valence-corrected chi connectivity index (χ2v) is 5.22. The molecule has 0 aromatic heterocycles. The van der Waals surface area contributed by atoms with Gasteiger partial charge in [0.25, 0.3) is 0 Å². The minimum Gasteiger partial charge on any atom is -0.299 e. The van der Waals surface area contributed by atoms with E-state index in [9.17, 15) is 0 Å². The van der Waals surface area contributed by atoms with E-state index in [1.165, 1.54) is 48.2 Å². The fourth-order valence-electron chi connectivity index (χ4n) is 2.18. The van der Waals surface area contributed by atoms with E-state index in [0.717, 1.165) is 6.54 Å². The van der Waals surface area contributed by atoms with Gasteiger partial charge >= 0.3 is 0 Å². The number of allylic oxidation sites excluding steroid dienone is 3. The van der Waals surface area contributed by atoms with E-state index in [1.807, 2.05) is 0 Å². The summed E-state index contributed by atoms with van der Waals surface area (Å²) in [5, 5.41) is 0. The highest BCUT2D eigenvalue weighted by Crippen LogP contribution is 2.19. The smallest absolute Gasteiger partial charge is 0.0233 e. The summed E-state index contributed by atoms with van der Waals surface area (Å²) >= 11 is 0. The lowest BCUT2D eigenvalue weighted by molar-refractivity contribution is 0.371. The van der Waals surface area contributed by atoms with Crippen LogP contribution in [0.25, 0.3) is 0 Å². The molecule has 1 heterocycles. The van der Waals surface area contributed by atoms with Gasteiger partial charge in [-0.25, -0.2) is 0 Å². The highest BCUT2D eigenvalue weighted by atomic mass is 15.1. The molecule has 0 atom stereocenters. The van der Waals surface area contributed by atoms with Crippen molar-refractivity contribution in [3.8, 4) is 0 Å². The standard InChI is InChI=1S/C15H25N/c1-12(2)10-15(13(3)4)14(5)11-16-8-6-7-9-16/h10H,5-9,11H2,1-4H3. The molecule has 0 unspecified atom stereocenters. The van der Waals surface area contributed by atoms with E-state index in [4.69, 9.17) is 0 Å². The summed E-state index contributed by atoms with van der Waals surface area (Å²) in [5.41, 5.74) is 5.32. The van der Waals surface area contributed by atoms with E-state index in [2.05, 4.69) is 45.2 Å². The summed E-state index contributed by atoms with van der Waals surface area (Å²) in [4.78, 5) is 2.50. The molecule has 1 aliphatic rings. The molecule has 1 saturated heterocycles. The third-order valence-corrected chi connectivity index (χ3v) is 2.97. The minimum absolute atomic E-state index is 1.03. The molecule has 0 aliphatic carbocycles. The Morgan fingerprint density at radius 1 is 1.12 bits per heavy atom. The second-order valence-electron chi connectivity index (χ2n) is 5.22. The number of rotatable bonds is 4. The Morgan fingerprint density at radius 2 is 1.69 bits per heavy atom. The fraction of sp³-hybridized carbons (Fsp3) is 0.600. The average molecular weight is 219 g/mol. The molecule has 1 nitrogen and oxygen atoms in total. The van der Waals surface area contributed by atoms with Gasteiger partial charge in [-0.05, 0) is 64.8 Å². The van der Waals surface area contributed by atoms with Crippen LogP contribution in [0.4, 0.5) is 0 Å². The zero-order valence-electron chi connectivity index (χ0n) is 11.3. The Morgan fingerprint density at radius 3 is 2.12 bits per heavy atom. The Hall–Kier alpha value is -0.820. The average Bonchev–Trinajstić information content (AvgIpc) is 2.65. The molecular weight excluding hydrogens is 194 g/mol. The SMILES string of the molecule is C=C(CN1CCCC1)C(C=C(C)C)=C(C)C. The van der Waals surface area contributed by atoms with Gasteiger partial charge in [-0.1, -0.05) is 23.8 Å².